The third-order valence-electron chi connectivity index (χ3n) is 7.39. The minimum absolute atomic E-state index is 0.0765. The number of rotatable bonds is 26. The highest BCUT2D eigenvalue weighted by Gasteiger charge is 2.33. The quantitative estimate of drug-likeness (QED) is 0.0935. The van der Waals surface area contributed by atoms with Gasteiger partial charge in [0, 0.05) is 0 Å². The molecule has 0 heterocycles. The number of hydrogen-bond acceptors (Lipinski definition) is 2. The van der Waals surface area contributed by atoms with E-state index in [2.05, 4.69) is 27.7 Å². The summed E-state index contributed by atoms with van der Waals surface area (Å²) in [6.45, 7) is 9.58. The minimum Gasteiger partial charge on any atom is -0.465 e. The van der Waals surface area contributed by atoms with Crippen molar-refractivity contribution in [3.8, 4) is 0 Å². The van der Waals surface area contributed by atoms with E-state index in [-0.39, 0.29) is 11.4 Å². The maximum atomic E-state index is 12.9. The number of carbonyl (C=O) groups excluding carboxylic acids is 1. The van der Waals surface area contributed by atoms with Crippen LogP contribution in [-0.2, 0) is 9.53 Å². The summed E-state index contributed by atoms with van der Waals surface area (Å²) in [6.07, 6.45) is 30.8. The molecule has 0 N–H and O–H groups in total. The molecule has 0 rings (SSSR count). The van der Waals surface area contributed by atoms with E-state index in [0.717, 1.165) is 25.7 Å². The van der Waals surface area contributed by atoms with E-state index >= 15 is 0 Å². The van der Waals surface area contributed by atoms with Crippen LogP contribution in [0.5, 0.6) is 0 Å². The summed E-state index contributed by atoms with van der Waals surface area (Å²) in [6, 6.07) is 0. The third kappa shape index (κ3) is 20.5. The smallest absolute Gasteiger partial charge is 0.311 e. The van der Waals surface area contributed by atoms with Gasteiger partial charge in [-0.2, -0.15) is 0 Å². The van der Waals surface area contributed by atoms with E-state index in [4.69, 9.17) is 4.74 Å². The van der Waals surface area contributed by atoms with Crippen LogP contribution in [0.4, 0.5) is 0 Å². The van der Waals surface area contributed by atoms with E-state index in [1.54, 1.807) is 0 Å². The zero-order valence-electron chi connectivity index (χ0n) is 23.5. The predicted molar refractivity (Wildman–Crippen MR) is 147 cm³/mol. The highest BCUT2D eigenvalue weighted by atomic mass is 16.5. The molecule has 1 atom stereocenters. The highest BCUT2D eigenvalue weighted by molar-refractivity contribution is 5.76. The lowest BCUT2D eigenvalue weighted by Crippen LogP contribution is -2.30. The van der Waals surface area contributed by atoms with Crippen LogP contribution >= 0.6 is 0 Å². The van der Waals surface area contributed by atoms with Crippen LogP contribution in [0, 0.1) is 5.41 Å². The molecule has 0 aliphatic rings. The van der Waals surface area contributed by atoms with Crippen LogP contribution in [0.2, 0.25) is 0 Å². The lowest BCUT2D eigenvalue weighted by molar-refractivity contribution is -0.156. The van der Waals surface area contributed by atoms with Gasteiger partial charge in [-0.05, 0) is 26.2 Å². The molecular formula is C31H62O2. The monoisotopic (exact) mass is 466 g/mol. The van der Waals surface area contributed by atoms with E-state index in [9.17, 15) is 4.79 Å². The van der Waals surface area contributed by atoms with Gasteiger partial charge in [0.25, 0.3) is 0 Å². The predicted octanol–water partition coefficient (Wildman–Crippen LogP) is 11.0. The van der Waals surface area contributed by atoms with Gasteiger partial charge in [-0.15, -0.1) is 0 Å². The summed E-state index contributed by atoms with van der Waals surface area (Å²) < 4.78 is 5.80. The van der Waals surface area contributed by atoms with E-state index in [1.807, 2.05) is 0 Å². The summed E-state index contributed by atoms with van der Waals surface area (Å²) in [7, 11) is 0. The Morgan fingerprint density at radius 2 is 0.788 bits per heavy atom. The molecule has 0 fully saturated rings. The van der Waals surface area contributed by atoms with Crippen molar-refractivity contribution in [2.45, 2.75) is 182 Å². The average molecular weight is 467 g/mol. The number of ether oxygens (including phenoxy) is 1. The van der Waals surface area contributed by atoms with Gasteiger partial charge in [-0.3, -0.25) is 4.79 Å². The molecule has 0 saturated heterocycles. The van der Waals surface area contributed by atoms with Gasteiger partial charge in [0.2, 0.25) is 0 Å². The zero-order chi connectivity index (χ0) is 24.5. The van der Waals surface area contributed by atoms with Crippen molar-refractivity contribution in [3.05, 3.63) is 0 Å². The zero-order valence-corrected chi connectivity index (χ0v) is 23.5. The van der Waals surface area contributed by atoms with E-state index < -0.39 is 0 Å². The van der Waals surface area contributed by atoms with Gasteiger partial charge in [0.05, 0.1) is 12.0 Å². The molecule has 198 valence electrons. The Hall–Kier alpha value is -0.530. The second-order valence-corrected chi connectivity index (χ2v) is 10.9. The Morgan fingerprint density at radius 3 is 1.21 bits per heavy atom. The molecule has 0 aromatic heterocycles. The van der Waals surface area contributed by atoms with Crippen LogP contribution in [0.1, 0.15) is 182 Å². The van der Waals surface area contributed by atoms with Crippen molar-refractivity contribution in [1.29, 1.82) is 0 Å². The summed E-state index contributed by atoms with van der Waals surface area (Å²) in [5.74, 6) is 0.0765. The first-order chi connectivity index (χ1) is 16.1. The van der Waals surface area contributed by atoms with Crippen LogP contribution in [0.25, 0.3) is 0 Å². The Morgan fingerprint density at radius 1 is 0.485 bits per heavy atom. The molecule has 33 heavy (non-hydrogen) atoms. The molecular weight excluding hydrogens is 404 g/mol. The lowest BCUT2D eigenvalue weighted by atomic mass is 9.79. The Balaban J connectivity index is 3.91. The van der Waals surface area contributed by atoms with Gasteiger partial charge in [0.1, 0.15) is 0 Å². The minimum atomic E-state index is -0.268. The van der Waals surface area contributed by atoms with Crippen molar-refractivity contribution in [3.63, 3.8) is 0 Å². The number of esters is 1. The van der Waals surface area contributed by atoms with Gasteiger partial charge >= 0.3 is 5.97 Å². The molecule has 0 amide bonds. The molecule has 0 saturated carbocycles. The molecule has 0 spiro atoms. The van der Waals surface area contributed by atoms with Gasteiger partial charge in [-0.25, -0.2) is 0 Å². The van der Waals surface area contributed by atoms with Crippen molar-refractivity contribution in [2.75, 3.05) is 6.61 Å². The van der Waals surface area contributed by atoms with E-state index in [0.29, 0.717) is 6.61 Å². The molecule has 0 aromatic carbocycles. The first-order valence-corrected chi connectivity index (χ1v) is 15.3. The molecule has 0 bridgehead atoms. The maximum Gasteiger partial charge on any atom is 0.311 e. The van der Waals surface area contributed by atoms with Gasteiger partial charge < -0.3 is 4.74 Å². The van der Waals surface area contributed by atoms with Crippen LogP contribution in [0.3, 0.4) is 0 Å². The standard InChI is InChI=1S/C31H62O2/c1-5-8-11-13-15-16-17-18-19-21-23-26-29-33-30(32)31(4,27-24-10-7-3)28-25-22-20-14-12-9-6-2/h5-29H2,1-4H3. The molecule has 2 nitrogen and oxygen atoms in total. The number of hydrogen-bond donors (Lipinski definition) is 0. The van der Waals surface area contributed by atoms with Crippen molar-refractivity contribution in [1.82, 2.24) is 0 Å². The second-order valence-electron chi connectivity index (χ2n) is 10.9. The first kappa shape index (κ1) is 32.5. The summed E-state index contributed by atoms with van der Waals surface area (Å²) in [5, 5.41) is 0. The number of carbonyl (C=O) groups is 1. The van der Waals surface area contributed by atoms with Crippen molar-refractivity contribution in [2.24, 2.45) is 5.41 Å². The molecule has 0 aromatic rings. The SMILES string of the molecule is CCCCCCCCCCCCCCOC(=O)C(C)(CCCCC)CCCCCCCCC. The fourth-order valence-electron chi connectivity index (χ4n) is 4.85. The molecule has 0 radical (unpaired) electrons. The Kier molecular flexibility index (Phi) is 24.2. The normalized spacial score (nSPS) is 13.2. The fraction of sp³-hybridized carbons (Fsp3) is 0.968. The van der Waals surface area contributed by atoms with E-state index in [1.165, 1.54) is 128 Å². The van der Waals surface area contributed by atoms with Gasteiger partial charge in [0.15, 0.2) is 0 Å². The highest BCUT2D eigenvalue weighted by Crippen LogP contribution is 2.33. The third-order valence-corrected chi connectivity index (χ3v) is 7.39. The van der Waals surface area contributed by atoms with Gasteiger partial charge in [-0.1, -0.05) is 156 Å². The maximum absolute atomic E-state index is 12.9. The molecule has 2 heteroatoms. The molecule has 0 aliphatic carbocycles. The lowest BCUT2D eigenvalue weighted by Gasteiger charge is -2.27. The first-order valence-electron chi connectivity index (χ1n) is 15.3. The van der Waals surface area contributed by atoms with Crippen LogP contribution in [-0.4, -0.2) is 12.6 Å². The topological polar surface area (TPSA) is 26.3 Å². The van der Waals surface area contributed by atoms with Crippen LogP contribution < -0.4 is 0 Å². The van der Waals surface area contributed by atoms with Crippen LogP contribution in [0.15, 0.2) is 0 Å². The average Bonchev–Trinajstić information content (AvgIpc) is 2.81. The molecule has 0 aliphatic heterocycles. The second kappa shape index (κ2) is 24.6. The fourth-order valence-corrected chi connectivity index (χ4v) is 4.85. The summed E-state index contributed by atoms with van der Waals surface area (Å²) in [4.78, 5) is 12.9. The molecule has 1 unspecified atom stereocenters. The number of unbranched alkanes of at least 4 members (excludes halogenated alkanes) is 19. The Labute approximate surface area is 209 Å². The van der Waals surface area contributed by atoms with Crippen molar-refractivity contribution >= 4 is 5.97 Å². The van der Waals surface area contributed by atoms with Crippen molar-refractivity contribution < 1.29 is 9.53 Å². The Bertz CT molecular complexity index is 406. The summed E-state index contributed by atoms with van der Waals surface area (Å²) >= 11 is 0. The summed E-state index contributed by atoms with van der Waals surface area (Å²) in [5.41, 5.74) is -0.268. The largest absolute Gasteiger partial charge is 0.465 e.